The van der Waals surface area contributed by atoms with E-state index in [0.29, 0.717) is 48.3 Å². The summed E-state index contributed by atoms with van der Waals surface area (Å²) in [4.78, 5) is 36.5. The van der Waals surface area contributed by atoms with Crippen molar-refractivity contribution < 1.29 is 19.0 Å². The van der Waals surface area contributed by atoms with Crippen LogP contribution in [0.1, 0.15) is 28.2 Å². The van der Waals surface area contributed by atoms with Gasteiger partial charge < -0.3 is 24.5 Å². The summed E-state index contributed by atoms with van der Waals surface area (Å²) in [7, 11) is 0. The van der Waals surface area contributed by atoms with Gasteiger partial charge in [0.1, 0.15) is 12.4 Å². The van der Waals surface area contributed by atoms with Crippen molar-refractivity contribution in [2.75, 3.05) is 19.8 Å². The number of carbonyl (C=O) groups excluding carboxylic acids is 1. The first-order chi connectivity index (χ1) is 17.6. The molecular formula is C27H26N4O5. The van der Waals surface area contributed by atoms with Gasteiger partial charge in [-0.2, -0.15) is 0 Å². The van der Waals surface area contributed by atoms with E-state index in [-0.39, 0.29) is 12.4 Å². The Labute approximate surface area is 207 Å². The highest BCUT2D eigenvalue weighted by Gasteiger charge is 2.17. The van der Waals surface area contributed by atoms with E-state index < -0.39 is 11.5 Å². The highest BCUT2D eigenvalue weighted by molar-refractivity contribution is 5.92. The molecule has 1 aliphatic rings. The predicted octanol–water partition coefficient (Wildman–Crippen LogP) is 3.24. The molecule has 9 nitrogen and oxygen atoms in total. The van der Waals surface area contributed by atoms with Gasteiger partial charge in [-0.15, -0.1) is 0 Å². The maximum Gasteiger partial charge on any atom is 0.287 e. The van der Waals surface area contributed by atoms with Crippen molar-refractivity contribution in [2.45, 2.75) is 19.6 Å². The molecule has 0 aliphatic carbocycles. The number of fused-ring (bicyclic) bond motifs is 1. The molecule has 1 amide bonds. The number of carbonyl (C=O) groups is 1. The Kier molecular flexibility index (Phi) is 7.18. The van der Waals surface area contributed by atoms with E-state index in [1.165, 1.54) is 0 Å². The molecule has 4 aromatic rings. The van der Waals surface area contributed by atoms with Gasteiger partial charge in [0.15, 0.2) is 5.82 Å². The fourth-order valence-corrected chi connectivity index (χ4v) is 3.88. The van der Waals surface area contributed by atoms with E-state index in [4.69, 9.17) is 14.2 Å². The molecule has 0 saturated carbocycles. The van der Waals surface area contributed by atoms with E-state index in [1.54, 1.807) is 36.5 Å². The Morgan fingerprint density at radius 1 is 1.08 bits per heavy atom. The zero-order valence-electron chi connectivity index (χ0n) is 19.6. The van der Waals surface area contributed by atoms with Crippen molar-refractivity contribution in [1.29, 1.82) is 0 Å². The summed E-state index contributed by atoms with van der Waals surface area (Å²) >= 11 is 0. The Hall–Kier alpha value is -4.24. The predicted molar refractivity (Wildman–Crippen MR) is 133 cm³/mol. The van der Waals surface area contributed by atoms with Gasteiger partial charge in [-0.05, 0) is 41.8 Å². The van der Waals surface area contributed by atoms with Crippen molar-refractivity contribution >= 4 is 16.8 Å². The Bertz CT molecular complexity index is 1400. The van der Waals surface area contributed by atoms with E-state index >= 15 is 0 Å². The molecule has 9 heteroatoms. The van der Waals surface area contributed by atoms with Crippen molar-refractivity contribution in [3.63, 3.8) is 0 Å². The fourth-order valence-electron chi connectivity index (χ4n) is 3.88. The monoisotopic (exact) mass is 486 g/mol. The first-order valence-corrected chi connectivity index (χ1v) is 11.8. The van der Waals surface area contributed by atoms with Crippen molar-refractivity contribution in [3.8, 4) is 11.6 Å². The number of pyridine rings is 1. The third-order valence-corrected chi connectivity index (χ3v) is 5.88. The third kappa shape index (κ3) is 5.87. The van der Waals surface area contributed by atoms with Gasteiger partial charge in [-0.25, -0.2) is 9.97 Å². The van der Waals surface area contributed by atoms with E-state index in [2.05, 4.69) is 20.3 Å². The van der Waals surface area contributed by atoms with Gasteiger partial charge in [0.05, 0.1) is 24.1 Å². The molecule has 2 aromatic carbocycles. The number of rotatable bonds is 9. The Morgan fingerprint density at radius 2 is 1.97 bits per heavy atom. The molecule has 0 spiro atoms. The molecule has 1 unspecified atom stereocenters. The number of hydrogen-bond acceptors (Lipinski definition) is 7. The minimum Gasteiger partial charge on any atom is -0.489 e. The van der Waals surface area contributed by atoms with E-state index in [0.717, 1.165) is 24.2 Å². The van der Waals surface area contributed by atoms with Gasteiger partial charge in [-0.3, -0.25) is 9.59 Å². The number of nitrogens with zero attached hydrogens (tertiary/aromatic N) is 2. The van der Waals surface area contributed by atoms with Crippen LogP contribution in [0.25, 0.3) is 10.9 Å². The van der Waals surface area contributed by atoms with Gasteiger partial charge in [-0.1, -0.05) is 30.3 Å². The van der Waals surface area contributed by atoms with Crippen LogP contribution in [-0.4, -0.2) is 40.7 Å². The number of hydrogen-bond donors (Lipinski definition) is 2. The van der Waals surface area contributed by atoms with Crippen LogP contribution >= 0.6 is 0 Å². The standard InChI is InChI=1S/C27H26N4O5/c32-26-22-13-21(35-16-18-4-2-1-3-5-18)6-7-23(22)30-25(31-26)27(33)29-14-19-8-10-28-24(12-19)36-17-20-9-11-34-15-20/h1-8,10,12-13,20H,9,11,14-17H2,(H,29,33)(H,30,31,32). The number of aromatic nitrogens is 3. The largest absolute Gasteiger partial charge is 0.489 e. The van der Waals surface area contributed by atoms with Crippen molar-refractivity contribution in [1.82, 2.24) is 20.3 Å². The summed E-state index contributed by atoms with van der Waals surface area (Å²) in [5.41, 5.74) is 1.84. The summed E-state index contributed by atoms with van der Waals surface area (Å²) in [6.07, 6.45) is 2.62. The number of H-pyrrole nitrogens is 1. The molecule has 2 aromatic heterocycles. The van der Waals surface area contributed by atoms with Crippen LogP contribution in [0.2, 0.25) is 0 Å². The van der Waals surface area contributed by atoms with Gasteiger partial charge >= 0.3 is 0 Å². The zero-order chi connectivity index (χ0) is 24.7. The van der Waals surface area contributed by atoms with Crippen molar-refractivity contribution in [3.05, 3.63) is 94.2 Å². The molecule has 1 saturated heterocycles. The fraction of sp³-hybridized carbons (Fsp3) is 0.259. The van der Waals surface area contributed by atoms with Crippen LogP contribution in [0.15, 0.2) is 71.7 Å². The lowest BCUT2D eigenvalue weighted by molar-refractivity contribution is 0.0940. The molecule has 3 heterocycles. The molecule has 36 heavy (non-hydrogen) atoms. The molecule has 1 aliphatic heterocycles. The lowest BCUT2D eigenvalue weighted by atomic mass is 10.1. The summed E-state index contributed by atoms with van der Waals surface area (Å²) < 4.78 is 16.9. The van der Waals surface area contributed by atoms with Gasteiger partial charge in [0, 0.05) is 31.3 Å². The minimum atomic E-state index is -0.485. The Balaban J connectivity index is 1.21. The van der Waals surface area contributed by atoms with Crippen molar-refractivity contribution in [2.24, 2.45) is 5.92 Å². The second-order valence-electron chi connectivity index (χ2n) is 8.59. The molecule has 1 fully saturated rings. The molecule has 1 atom stereocenters. The summed E-state index contributed by atoms with van der Waals surface area (Å²) in [6.45, 7) is 2.63. The van der Waals surface area contributed by atoms with Crippen LogP contribution in [0.3, 0.4) is 0 Å². The van der Waals surface area contributed by atoms with Crippen LogP contribution in [-0.2, 0) is 17.9 Å². The summed E-state index contributed by atoms with van der Waals surface area (Å²) in [5, 5.41) is 3.13. The molecule has 0 radical (unpaired) electrons. The Morgan fingerprint density at radius 3 is 2.81 bits per heavy atom. The molecule has 2 N–H and O–H groups in total. The minimum absolute atomic E-state index is 0.0581. The normalized spacial score (nSPS) is 15.1. The highest BCUT2D eigenvalue weighted by atomic mass is 16.5. The second kappa shape index (κ2) is 11.0. The third-order valence-electron chi connectivity index (χ3n) is 5.88. The summed E-state index contributed by atoms with van der Waals surface area (Å²) in [6, 6.07) is 18.3. The average molecular weight is 487 g/mol. The van der Waals surface area contributed by atoms with Gasteiger partial charge in [0.25, 0.3) is 11.5 Å². The van der Waals surface area contributed by atoms with Crippen LogP contribution in [0, 0.1) is 5.92 Å². The molecular weight excluding hydrogens is 460 g/mol. The van der Waals surface area contributed by atoms with E-state index in [1.807, 2.05) is 30.3 Å². The number of aromatic amines is 1. The molecule has 5 rings (SSSR count). The first kappa shape index (κ1) is 23.5. The van der Waals surface area contributed by atoms with Gasteiger partial charge in [0.2, 0.25) is 5.88 Å². The maximum atomic E-state index is 12.7. The quantitative estimate of drug-likeness (QED) is 0.373. The SMILES string of the molecule is O=C(NCc1ccnc(OCC2CCOC2)c1)c1nc2ccc(OCc3ccccc3)cc2c(=O)[nH]1. The summed E-state index contributed by atoms with van der Waals surface area (Å²) in [5.74, 6) is 0.874. The smallest absolute Gasteiger partial charge is 0.287 e. The topological polar surface area (TPSA) is 115 Å². The number of ether oxygens (including phenoxy) is 3. The first-order valence-electron chi connectivity index (χ1n) is 11.8. The number of benzene rings is 2. The lowest BCUT2D eigenvalue weighted by Gasteiger charge is -2.11. The number of amides is 1. The lowest BCUT2D eigenvalue weighted by Crippen LogP contribution is -2.27. The second-order valence-corrected chi connectivity index (χ2v) is 8.59. The van der Waals surface area contributed by atoms with Crippen LogP contribution in [0.5, 0.6) is 11.6 Å². The highest BCUT2D eigenvalue weighted by Crippen LogP contribution is 2.19. The number of nitrogens with one attached hydrogen (secondary N) is 2. The zero-order valence-corrected chi connectivity index (χ0v) is 19.6. The maximum absolute atomic E-state index is 12.7. The van der Waals surface area contributed by atoms with E-state index in [9.17, 15) is 9.59 Å². The molecule has 184 valence electrons. The van der Waals surface area contributed by atoms with Crippen LogP contribution < -0.4 is 20.3 Å². The van der Waals surface area contributed by atoms with Crippen LogP contribution in [0.4, 0.5) is 0 Å². The molecule has 0 bridgehead atoms. The average Bonchev–Trinajstić information content (AvgIpc) is 3.44.